The Bertz CT molecular complexity index is 226. The van der Waals surface area contributed by atoms with Crippen molar-refractivity contribution in [3.8, 4) is 0 Å². The second kappa shape index (κ2) is 12.4. The van der Waals surface area contributed by atoms with Crippen LogP contribution >= 0.6 is 0 Å². The van der Waals surface area contributed by atoms with Gasteiger partial charge in [-0.05, 0) is 18.8 Å². The van der Waals surface area contributed by atoms with Crippen molar-refractivity contribution in [2.45, 2.75) is 105 Å². The van der Waals surface area contributed by atoms with Gasteiger partial charge in [-0.2, -0.15) is 0 Å². The topological polar surface area (TPSA) is 47.3 Å². The largest absolute Gasteiger partial charge is 0.376 e. The van der Waals surface area contributed by atoms with Crippen LogP contribution in [-0.4, -0.2) is 18.8 Å². The molecule has 0 heterocycles. The standard InChI is InChI=1S/C18H40N2O/c1-6-8-9-10-11-12-13-14-15-16(20-19)17(21-7-2)18(3,4)5/h16-17,20H,6-15,19H2,1-5H3. The van der Waals surface area contributed by atoms with Gasteiger partial charge in [0, 0.05) is 12.6 Å². The van der Waals surface area contributed by atoms with Crippen LogP contribution in [0.3, 0.4) is 0 Å². The van der Waals surface area contributed by atoms with Crippen molar-refractivity contribution in [1.29, 1.82) is 0 Å². The van der Waals surface area contributed by atoms with E-state index in [4.69, 9.17) is 10.6 Å². The van der Waals surface area contributed by atoms with E-state index in [1.807, 2.05) is 0 Å². The Balaban J connectivity index is 3.92. The fraction of sp³-hybridized carbons (Fsp3) is 1.00. The summed E-state index contributed by atoms with van der Waals surface area (Å²) in [5.74, 6) is 5.77. The van der Waals surface area contributed by atoms with Crippen molar-refractivity contribution in [3.05, 3.63) is 0 Å². The molecule has 0 fully saturated rings. The summed E-state index contributed by atoms with van der Waals surface area (Å²) < 4.78 is 5.94. The van der Waals surface area contributed by atoms with E-state index < -0.39 is 0 Å². The molecular weight excluding hydrogens is 260 g/mol. The molecule has 0 saturated carbocycles. The van der Waals surface area contributed by atoms with Gasteiger partial charge >= 0.3 is 0 Å². The Kier molecular flexibility index (Phi) is 12.4. The molecule has 0 spiro atoms. The summed E-state index contributed by atoms with van der Waals surface area (Å²) in [5.41, 5.74) is 3.11. The molecule has 0 bridgehead atoms. The lowest BCUT2D eigenvalue weighted by atomic mass is 9.83. The molecule has 3 N–H and O–H groups in total. The third kappa shape index (κ3) is 10.3. The molecule has 0 aliphatic rings. The molecule has 0 aromatic rings. The second-order valence-corrected chi connectivity index (χ2v) is 7.28. The van der Waals surface area contributed by atoms with E-state index in [-0.39, 0.29) is 17.6 Å². The Hall–Kier alpha value is -0.120. The van der Waals surface area contributed by atoms with Gasteiger partial charge in [-0.15, -0.1) is 0 Å². The molecular formula is C18H40N2O. The highest BCUT2D eigenvalue weighted by Gasteiger charge is 2.31. The molecule has 0 aliphatic heterocycles. The fourth-order valence-corrected chi connectivity index (χ4v) is 2.97. The van der Waals surface area contributed by atoms with E-state index >= 15 is 0 Å². The summed E-state index contributed by atoms with van der Waals surface area (Å²) >= 11 is 0. The van der Waals surface area contributed by atoms with Crippen LogP contribution in [0.2, 0.25) is 0 Å². The van der Waals surface area contributed by atoms with Gasteiger partial charge in [0.1, 0.15) is 0 Å². The number of hydrazine groups is 1. The first-order chi connectivity index (χ1) is 9.97. The number of unbranched alkanes of at least 4 members (excludes halogenated alkanes) is 7. The minimum absolute atomic E-state index is 0.118. The molecule has 0 radical (unpaired) electrons. The van der Waals surface area contributed by atoms with E-state index in [0.29, 0.717) is 0 Å². The predicted octanol–water partition coefficient (Wildman–Crippen LogP) is 4.80. The van der Waals surface area contributed by atoms with E-state index in [2.05, 4.69) is 40.0 Å². The van der Waals surface area contributed by atoms with Crippen molar-refractivity contribution in [2.75, 3.05) is 6.61 Å². The van der Waals surface area contributed by atoms with Gasteiger partial charge in [0.2, 0.25) is 0 Å². The van der Waals surface area contributed by atoms with Gasteiger partial charge in [-0.3, -0.25) is 11.3 Å². The SMILES string of the molecule is CCCCCCCCCCC(NN)C(OCC)C(C)(C)C. The normalized spacial score (nSPS) is 15.1. The molecule has 2 atom stereocenters. The molecule has 0 saturated heterocycles. The Morgan fingerprint density at radius 3 is 1.86 bits per heavy atom. The lowest BCUT2D eigenvalue weighted by Crippen LogP contribution is -2.50. The van der Waals surface area contributed by atoms with E-state index in [9.17, 15) is 0 Å². The first kappa shape index (κ1) is 20.9. The maximum atomic E-state index is 5.94. The van der Waals surface area contributed by atoms with Crippen LogP contribution in [0.4, 0.5) is 0 Å². The summed E-state index contributed by atoms with van der Waals surface area (Å²) in [6.45, 7) is 11.8. The lowest BCUT2D eigenvalue weighted by molar-refractivity contribution is -0.0379. The highest BCUT2D eigenvalue weighted by atomic mass is 16.5. The predicted molar refractivity (Wildman–Crippen MR) is 93.2 cm³/mol. The average Bonchev–Trinajstić information content (AvgIpc) is 2.43. The third-order valence-electron chi connectivity index (χ3n) is 4.15. The molecule has 128 valence electrons. The van der Waals surface area contributed by atoms with Crippen molar-refractivity contribution in [1.82, 2.24) is 5.43 Å². The molecule has 2 unspecified atom stereocenters. The van der Waals surface area contributed by atoms with Gasteiger partial charge < -0.3 is 4.74 Å². The number of hydrogen-bond donors (Lipinski definition) is 2. The zero-order valence-corrected chi connectivity index (χ0v) is 15.2. The summed E-state index contributed by atoms with van der Waals surface area (Å²) in [5, 5.41) is 0. The van der Waals surface area contributed by atoms with Crippen LogP contribution in [0.15, 0.2) is 0 Å². The van der Waals surface area contributed by atoms with Crippen LogP contribution < -0.4 is 11.3 Å². The minimum Gasteiger partial charge on any atom is -0.376 e. The van der Waals surface area contributed by atoms with Crippen molar-refractivity contribution in [2.24, 2.45) is 11.3 Å². The number of ether oxygens (including phenoxy) is 1. The minimum atomic E-state index is 0.118. The molecule has 0 aliphatic carbocycles. The second-order valence-electron chi connectivity index (χ2n) is 7.28. The summed E-state index contributed by atoms with van der Waals surface area (Å²) in [7, 11) is 0. The average molecular weight is 301 g/mol. The molecule has 3 heteroatoms. The molecule has 0 aromatic carbocycles. The van der Waals surface area contributed by atoms with Crippen LogP contribution in [0.5, 0.6) is 0 Å². The van der Waals surface area contributed by atoms with E-state index in [1.165, 1.54) is 51.4 Å². The van der Waals surface area contributed by atoms with Crippen molar-refractivity contribution in [3.63, 3.8) is 0 Å². The van der Waals surface area contributed by atoms with E-state index in [0.717, 1.165) is 13.0 Å². The highest BCUT2D eigenvalue weighted by molar-refractivity contribution is 4.85. The Morgan fingerprint density at radius 2 is 1.43 bits per heavy atom. The van der Waals surface area contributed by atoms with Gasteiger partial charge in [0.15, 0.2) is 0 Å². The van der Waals surface area contributed by atoms with Crippen LogP contribution in [0, 0.1) is 5.41 Å². The molecule has 21 heavy (non-hydrogen) atoms. The smallest absolute Gasteiger partial charge is 0.0789 e. The Morgan fingerprint density at radius 1 is 0.905 bits per heavy atom. The molecule has 0 aromatic heterocycles. The number of nitrogens with one attached hydrogen (secondary N) is 1. The summed E-state index contributed by atoms with van der Waals surface area (Å²) in [6, 6.07) is 0.255. The number of rotatable bonds is 13. The number of nitrogens with two attached hydrogens (primary N) is 1. The molecule has 0 amide bonds. The maximum absolute atomic E-state index is 5.94. The van der Waals surface area contributed by atoms with Gasteiger partial charge in [0.05, 0.1) is 6.10 Å². The van der Waals surface area contributed by atoms with Crippen LogP contribution in [0.25, 0.3) is 0 Å². The quantitative estimate of drug-likeness (QED) is 0.292. The zero-order chi connectivity index (χ0) is 16.1. The number of hydrogen-bond acceptors (Lipinski definition) is 3. The van der Waals surface area contributed by atoms with Gasteiger partial charge in [0.25, 0.3) is 0 Å². The monoisotopic (exact) mass is 300 g/mol. The summed E-state index contributed by atoms with van der Waals surface area (Å²) in [6.07, 6.45) is 12.1. The third-order valence-corrected chi connectivity index (χ3v) is 4.15. The van der Waals surface area contributed by atoms with Crippen LogP contribution in [0.1, 0.15) is 92.4 Å². The first-order valence-corrected chi connectivity index (χ1v) is 9.05. The van der Waals surface area contributed by atoms with Crippen molar-refractivity contribution >= 4 is 0 Å². The fourth-order valence-electron chi connectivity index (χ4n) is 2.97. The zero-order valence-electron chi connectivity index (χ0n) is 15.2. The maximum Gasteiger partial charge on any atom is 0.0789 e. The van der Waals surface area contributed by atoms with E-state index in [1.54, 1.807) is 0 Å². The highest BCUT2D eigenvalue weighted by Crippen LogP contribution is 2.27. The van der Waals surface area contributed by atoms with Gasteiger partial charge in [-0.25, -0.2) is 0 Å². The Labute approximate surface area is 133 Å². The van der Waals surface area contributed by atoms with Crippen LogP contribution in [-0.2, 0) is 4.74 Å². The van der Waals surface area contributed by atoms with Crippen molar-refractivity contribution < 1.29 is 4.74 Å². The molecule has 3 nitrogen and oxygen atoms in total. The molecule has 0 rings (SSSR count). The van der Waals surface area contributed by atoms with Gasteiger partial charge in [-0.1, -0.05) is 79.1 Å². The summed E-state index contributed by atoms with van der Waals surface area (Å²) in [4.78, 5) is 0. The lowest BCUT2D eigenvalue weighted by Gasteiger charge is -2.36. The first-order valence-electron chi connectivity index (χ1n) is 9.05.